The van der Waals surface area contributed by atoms with Gasteiger partial charge in [0.05, 0.1) is 22.0 Å². The first kappa shape index (κ1) is 26.3. The van der Waals surface area contributed by atoms with E-state index in [2.05, 4.69) is 5.32 Å². The average molecular weight is 521 g/mol. The SMILES string of the molecule is CNC(=O)[C@H](C)N(Cc1ccc(Cl)c(Cl)c1)C(=O)CN(c1ccc(Cl)cc1C)S(C)(=O)=O. The molecular formula is C21H24Cl3N3O4S. The smallest absolute Gasteiger partial charge is 0.244 e. The fraction of sp³-hybridized carbons (Fsp3) is 0.333. The number of benzene rings is 2. The van der Waals surface area contributed by atoms with E-state index >= 15 is 0 Å². The highest BCUT2D eigenvalue weighted by Gasteiger charge is 2.30. The van der Waals surface area contributed by atoms with E-state index in [9.17, 15) is 18.0 Å². The molecule has 11 heteroatoms. The summed E-state index contributed by atoms with van der Waals surface area (Å²) in [5.41, 5.74) is 1.55. The normalized spacial score (nSPS) is 12.2. The number of aryl methyl sites for hydroxylation is 1. The Morgan fingerprint density at radius 2 is 1.72 bits per heavy atom. The number of hydrogen-bond donors (Lipinski definition) is 1. The maximum Gasteiger partial charge on any atom is 0.244 e. The van der Waals surface area contributed by atoms with Crippen molar-refractivity contribution >= 4 is 62.3 Å². The summed E-state index contributed by atoms with van der Waals surface area (Å²) >= 11 is 18.0. The van der Waals surface area contributed by atoms with Crippen molar-refractivity contribution in [2.75, 3.05) is 24.2 Å². The van der Waals surface area contributed by atoms with Crippen LogP contribution >= 0.6 is 34.8 Å². The van der Waals surface area contributed by atoms with Gasteiger partial charge in [-0.05, 0) is 55.3 Å². The topological polar surface area (TPSA) is 86.8 Å². The first-order valence-corrected chi connectivity index (χ1v) is 12.5. The number of sulfonamides is 1. The summed E-state index contributed by atoms with van der Waals surface area (Å²) in [5.74, 6) is -0.959. The number of anilines is 1. The summed E-state index contributed by atoms with van der Waals surface area (Å²) in [7, 11) is -2.36. The second-order valence-corrected chi connectivity index (χ2v) is 10.4. The molecule has 0 unspecified atom stereocenters. The molecule has 174 valence electrons. The molecule has 32 heavy (non-hydrogen) atoms. The van der Waals surface area contributed by atoms with Crippen LogP contribution in [0.2, 0.25) is 15.1 Å². The maximum absolute atomic E-state index is 13.3. The third-order valence-corrected chi connectivity index (χ3v) is 6.96. The molecule has 7 nitrogen and oxygen atoms in total. The molecule has 0 aliphatic heterocycles. The Hall–Kier alpha value is -2.00. The van der Waals surface area contributed by atoms with Gasteiger partial charge in [-0.2, -0.15) is 0 Å². The first-order chi connectivity index (χ1) is 14.8. The molecule has 0 aromatic heterocycles. The Balaban J connectivity index is 2.43. The highest BCUT2D eigenvalue weighted by molar-refractivity contribution is 7.92. The number of hydrogen-bond acceptors (Lipinski definition) is 4. The van der Waals surface area contributed by atoms with Gasteiger partial charge in [-0.1, -0.05) is 40.9 Å². The highest BCUT2D eigenvalue weighted by Crippen LogP contribution is 2.27. The molecule has 0 bridgehead atoms. The van der Waals surface area contributed by atoms with Gasteiger partial charge in [0.2, 0.25) is 21.8 Å². The van der Waals surface area contributed by atoms with E-state index < -0.39 is 34.4 Å². The van der Waals surface area contributed by atoms with E-state index in [1.807, 2.05) is 0 Å². The lowest BCUT2D eigenvalue weighted by Gasteiger charge is -2.31. The third kappa shape index (κ3) is 6.51. The van der Waals surface area contributed by atoms with Crippen LogP contribution in [-0.2, 0) is 26.2 Å². The van der Waals surface area contributed by atoms with E-state index in [0.29, 0.717) is 31.9 Å². The minimum atomic E-state index is -3.81. The molecule has 2 rings (SSSR count). The van der Waals surface area contributed by atoms with Gasteiger partial charge in [0.25, 0.3) is 0 Å². The number of nitrogens with one attached hydrogen (secondary N) is 1. The zero-order valence-electron chi connectivity index (χ0n) is 18.0. The van der Waals surface area contributed by atoms with Crippen molar-refractivity contribution in [2.45, 2.75) is 26.4 Å². The summed E-state index contributed by atoms with van der Waals surface area (Å²) in [6, 6.07) is 8.70. The molecule has 2 aromatic carbocycles. The van der Waals surface area contributed by atoms with E-state index in [0.717, 1.165) is 10.6 Å². The number of amides is 2. The molecule has 0 aliphatic carbocycles. The van der Waals surface area contributed by atoms with Crippen LogP contribution in [0.15, 0.2) is 36.4 Å². The van der Waals surface area contributed by atoms with Gasteiger partial charge in [-0.3, -0.25) is 13.9 Å². The zero-order chi connectivity index (χ0) is 24.2. The van der Waals surface area contributed by atoms with E-state index in [-0.39, 0.29) is 6.54 Å². The van der Waals surface area contributed by atoms with Gasteiger partial charge in [-0.25, -0.2) is 8.42 Å². The van der Waals surface area contributed by atoms with Gasteiger partial charge < -0.3 is 10.2 Å². The molecule has 2 amide bonds. The molecule has 0 aliphatic rings. The molecule has 0 spiro atoms. The lowest BCUT2D eigenvalue weighted by Crippen LogP contribution is -2.50. The summed E-state index contributed by atoms with van der Waals surface area (Å²) < 4.78 is 26.1. The summed E-state index contributed by atoms with van der Waals surface area (Å²) in [4.78, 5) is 26.9. The van der Waals surface area contributed by atoms with E-state index in [1.165, 1.54) is 18.0 Å². The Kier molecular flexibility index (Phi) is 8.82. The largest absolute Gasteiger partial charge is 0.357 e. The summed E-state index contributed by atoms with van der Waals surface area (Å²) in [6.45, 7) is 2.79. The monoisotopic (exact) mass is 519 g/mol. The van der Waals surface area contributed by atoms with Crippen LogP contribution in [0.5, 0.6) is 0 Å². The minimum absolute atomic E-state index is 0.0293. The second kappa shape index (κ2) is 10.7. The second-order valence-electron chi connectivity index (χ2n) is 7.26. The van der Waals surface area contributed by atoms with Gasteiger partial charge >= 0.3 is 0 Å². The van der Waals surface area contributed by atoms with Crippen molar-refractivity contribution in [1.82, 2.24) is 10.2 Å². The van der Waals surface area contributed by atoms with Gasteiger partial charge in [-0.15, -0.1) is 0 Å². The Morgan fingerprint density at radius 3 is 2.25 bits per heavy atom. The predicted octanol–water partition coefficient (Wildman–Crippen LogP) is 3.88. The van der Waals surface area contributed by atoms with Crippen molar-refractivity contribution in [3.05, 3.63) is 62.6 Å². The van der Waals surface area contributed by atoms with Crippen molar-refractivity contribution in [1.29, 1.82) is 0 Å². The summed E-state index contributed by atoms with van der Waals surface area (Å²) in [6.07, 6.45) is 1.01. The molecule has 1 atom stereocenters. The Morgan fingerprint density at radius 1 is 1.06 bits per heavy atom. The average Bonchev–Trinajstić information content (AvgIpc) is 2.71. The predicted molar refractivity (Wildman–Crippen MR) is 129 cm³/mol. The molecule has 0 radical (unpaired) electrons. The van der Waals surface area contributed by atoms with Crippen LogP contribution < -0.4 is 9.62 Å². The van der Waals surface area contributed by atoms with Crippen molar-refractivity contribution in [2.24, 2.45) is 0 Å². The molecular weight excluding hydrogens is 497 g/mol. The lowest BCUT2D eigenvalue weighted by atomic mass is 10.1. The molecule has 0 saturated heterocycles. The highest BCUT2D eigenvalue weighted by atomic mass is 35.5. The van der Waals surface area contributed by atoms with Crippen LogP contribution in [0.25, 0.3) is 0 Å². The van der Waals surface area contributed by atoms with Gasteiger partial charge in [0.15, 0.2) is 0 Å². The maximum atomic E-state index is 13.3. The standard InChI is InChI=1S/C21H24Cl3N3O4S/c1-13-9-16(22)6-8-19(13)27(32(4,30)31)12-20(28)26(14(2)21(29)25-3)11-15-5-7-17(23)18(24)10-15/h5-10,14H,11-12H2,1-4H3,(H,25,29)/t14-/m0/s1. The van der Waals surface area contributed by atoms with E-state index in [1.54, 1.807) is 44.2 Å². The third-order valence-electron chi connectivity index (χ3n) is 4.86. The molecule has 0 heterocycles. The van der Waals surface area contributed by atoms with Crippen molar-refractivity contribution in [3.63, 3.8) is 0 Å². The van der Waals surface area contributed by atoms with Crippen molar-refractivity contribution < 1.29 is 18.0 Å². The van der Waals surface area contributed by atoms with Crippen molar-refractivity contribution in [3.8, 4) is 0 Å². The number of likely N-dealkylation sites (N-methyl/N-ethyl adjacent to an activating group) is 1. The van der Waals surface area contributed by atoms with Crippen LogP contribution in [0.4, 0.5) is 5.69 Å². The van der Waals surface area contributed by atoms with Crippen LogP contribution in [0.3, 0.4) is 0 Å². The molecule has 1 N–H and O–H groups in total. The van der Waals surface area contributed by atoms with Gasteiger partial charge in [0, 0.05) is 18.6 Å². The van der Waals surface area contributed by atoms with E-state index in [4.69, 9.17) is 34.8 Å². The number of nitrogens with zero attached hydrogens (tertiary/aromatic N) is 2. The number of carbonyl (C=O) groups excluding carboxylic acids is 2. The number of carbonyl (C=O) groups is 2. The lowest BCUT2D eigenvalue weighted by molar-refractivity contribution is -0.139. The zero-order valence-corrected chi connectivity index (χ0v) is 21.1. The molecule has 0 fully saturated rings. The summed E-state index contributed by atoms with van der Waals surface area (Å²) in [5, 5.41) is 3.62. The fourth-order valence-electron chi connectivity index (χ4n) is 3.12. The molecule has 0 saturated carbocycles. The fourth-order valence-corrected chi connectivity index (χ4v) is 4.57. The first-order valence-electron chi connectivity index (χ1n) is 9.54. The van der Waals surface area contributed by atoms with Crippen LogP contribution in [-0.4, -0.2) is 51.0 Å². The quantitative estimate of drug-likeness (QED) is 0.572. The van der Waals surface area contributed by atoms with Crippen LogP contribution in [0.1, 0.15) is 18.1 Å². The Bertz CT molecular complexity index is 1130. The van der Waals surface area contributed by atoms with Crippen LogP contribution in [0, 0.1) is 6.92 Å². The molecule has 2 aromatic rings. The minimum Gasteiger partial charge on any atom is -0.357 e. The van der Waals surface area contributed by atoms with Gasteiger partial charge in [0.1, 0.15) is 12.6 Å². The Labute approximate surface area is 203 Å². The number of rotatable bonds is 8. The number of halogens is 3.